The highest BCUT2D eigenvalue weighted by atomic mass is 16.7. The van der Waals surface area contributed by atoms with Crippen molar-refractivity contribution in [2.45, 2.75) is 107 Å². The summed E-state index contributed by atoms with van der Waals surface area (Å²) in [4.78, 5) is 96.7. The van der Waals surface area contributed by atoms with Gasteiger partial charge in [-0.2, -0.15) is 0 Å². The Morgan fingerprint density at radius 1 is 0.391 bits per heavy atom. The van der Waals surface area contributed by atoms with E-state index in [1.165, 1.54) is 73.7 Å². The van der Waals surface area contributed by atoms with Crippen LogP contribution in [-0.4, -0.2) is 187 Å². The summed E-state index contributed by atoms with van der Waals surface area (Å²) in [6.45, 7) is 18.3. The van der Waals surface area contributed by atoms with Gasteiger partial charge in [0.05, 0.1) is 79.3 Å². The zero-order chi connectivity index (χ0) is 65.2. The minimum absolute atomic E-state index is 0.0665. The van der Waals surface area contributed by atoms with Crippen molar-refractivity contribution in [3.8, 4) is 0 Å². The summed E-state index contributed by atoms with van der Waals surface area (Å²) >= 11 is 0. The molecule has 1 unspecified atom stereocenters. The van der Waals surface area contributed by atoms with Crippen LogP contribution >= 0.6 is 0 Å². The summed E-state index contributed by atoms with van der Waals surface area (Å²) in [5.41, 5.74) is -3.59. The van der Waals surface area contributed by atoms with Crippen LogP contribution in [0.1, 0.15) is 80.1 Å². The Balaban J connectivity index is 0.00000101. The van der Waals surface area contributed by atoms with E-state index in [1.54, 1.807) is 0 Å². The molecule has 4 aromatic heterocycles. The molecule has 0 radical (unpaired) electrons. The van der Waals surface area contributed by atoms with E-state index in [1.807, 2.05) is 20.8 Å². The minimum Gasteiger partial charge on any atom is -0.396 e. The Morgan fingerprint density at radius 2 is 0.632 bits per heavy atom. The van der Waals surface area contributed by atoms with Crippen LogP contribution in [0.15, 0.2) is 87.4 Å². The standard InChI is InChI=1S/C11H18N2O3.3C10H16N2O4.C6H12O2.C5H10O3.C4H10O3/c1-3-9(4-2)7-16-8-13-6-5-10(14)12-11(13)15;3*1-2-8(5-13)6-16-7-12-4-3-9(14)11-10(12)15;1-2-6-3-7-5-8-4-6;6-1-5-2-7-4-8-3-5;5-1-4(2-6)3-7/h5-6,9H,3-4,7-8H2,1-2H3,(H,12,14,15);3*3-4,8,13H,2,5-7H2,1H3,(H,11,14,15);6H,2-5H2,1H3;5-6H,1-4H2;4-7H,1-3H2/t;2*8-;;;;/m.10..../s1. The average Bonchev–Trinajstić information content (AvgIpc) is 3.64. The summed E-state index contributed by atoms with van der Waals surface area (Å²) < 4.78 is 46.2. The van der Waals surface area contributed by atoms with Gasteiger partial charge >= 0.3 is 22.8 Å². The number of aliphatic hydroxyl groups is 7. The molecule has 0 aromatic carbocycles. The van der Waals surface area contributed by atoms with Gasteiger partial charge in [-0.05, 0) is 31.6 Å². The maximum atomic E-state index is 11.3. The van der Waals surface area contributed by atoms with Crippen LogP contribution in [0.5, 0.6) is 0 Å². The number of rotatable bonds is 29. The van der Waals surface area contributed by atoms with Crippen LogP contribution < -0.4 is 45.0 Å². The van der Waals surface area contributed by atoms with Crippen molar-refractivity contribution in [3.05, 3.63) is 132 Å². The largest absolute Gasteiger partial charge is 0.396 e. The van der Waals surface area contributed by atoms with E-state index in [0.29, 0.717) is 65.1 Å². The number of hydrogen-bond donors (Lipinski definition) is 11. The quantitative estimate of drug-likeness (QED) is 0.0302. The SMILES string of the molecule is CCC(CC)COCn1ccc(=O)[nH]c1=O.CCC(CO)COCn1ccc(=O)[nH]c1=O.CCC1COCOC1.CC[C@@H](CO)COCn1ccc(=O)[nH]c1=O.CC[C@H](CO)COCn1ccc(=O)[nH]c1=O.OCC(CO)CO.OCC1COCOC1. The zero-order valence-electron chi connectivity index (χ0n) is 51.2. The van der Waals surface area contributed by atoms with Crippen molar-refractivity contribution in [2.75, 3.05) is 113 Å². The Hall–Kier alpha value is -5.88. The fourth-order valence-corrected chi connectivity index (χ4v) is 6.47. The topological polar surface area (TPSA) is 435 Å². The Labute approximate surface area is 504 Å². The van der Waals surface area contributed by atoms with Gasteiger partial charge in [-0.1, -0.05) is 54.4 Å². The first-order valence-electron chi connectivity index (χ1n) is 29.0. The van der Waals surface area contributed by atoms with Gasteiger partial charge in [0.15, 0.2) is 0 Å². The predicted molar refractivity (Wildman–Crippen MR) is 318 cm³/mol. The second-order valence-corrected chi connectivity index (χ2v) is 19.8. The summed E-state index contributed by atoms with van der Waals surface area (Å²) in [7, 11) is 0. The average molecular weight is 1250 g/mol. The summed E-state index contributed by atoms with van der Waals surface area (Å²) in [6, 6.07) is 5.08. The molecule has 31 nitrogen and oxygen atoms in total. The van der Waals surface area contributed by atoms with Gasteiger partial charge in [-0.25, -0.2) is 19.2 Å². The van der Waals surface area contributed by atoms with Crippen molar-refractivity contribution >= 4 is 0 Å². The molecule has 11 N–H and O–H groups in total. The highest BCUT2D eigenvalue weighted by molar-refractivity contribution is 4.84. The molecule has 0 amide bonds. The van der Waals surface area contributed by atoms with Gasteiger partial charge in [0.25, 0.3) is 22.2 Å². The van der Waals surface area contributed by atoms with Crippen LogP contribution in [0, 0.1) is 41.4 Å². The molecule has 500 valence electrons. The number of aliphatic hydroxyl groups excluding tert-OH is 7. The van der Waals surface area contributed by atoms with Crippen LogP contribution in [0.25, 0.3) is 0 Å². The smallest absolute Gasteiger partial charge is 0.330 e. The zero-order valence-corrected chi connectivity index (χ0v) is 51.2. The predicted octanol–water partition coefficient (Wildman–Crippen LogP) is -1.27. The van der Waals surface area contributed by atoms with Crippen LogP contribution in [-0.2, 0) is 64.8 Å². The molecule has 2 saturated heterocycles. The number of ether oxygens (including phenoxy) is 8. The van der Waals surface area contributed by atoms with Crippen molar-refractivity contribution < 1.29 is 73.6 Å². The fourth-order valence-electron chi connectivity index (χ4n) is 6.47. The Morgan fingerprint density at radius 3 is 0.805 bits per heavy atom. The lowest BCUT2D eigenvalue weighted by Gasteiger charge is -2.20. The van der Waals surface area contributed by atoms with Crippen molar-refractivity contribution in [2.24, 2.45) is 41.4 Å². The first-order chi connectivity index (χ1) is 41.9. The maximum absolute atomic E-state index is 11.3. The Kier molecular flexibility index (Phi) is 48.6. The molecular formula is C56H98N8O23. The highest BCUT2D eigenvalue weighted by Gasteiger charge is 2.13. The van der Waals surface area contributed by atoms with Gasteiger partial charge in [0.2, 0.25) is 0 Å². The maximum Gasteiger partial charge on any atom is 0.330 e. The number of nitrogens with zero attached hydrogens (tertiary/aromatic N) is 4. The first kappa shape index (κ1) is 81.1. The monoisotopic (exact) mass is 1250 g/mol. The molecule has 6 rings (SSSR count). The lowest BCUT2D eigenvalue weighted by molar-refractivity contribution is -0.133. The molecular weight excluding hydrogens is 1150 g/mol. The molecule has 0 aliphatic carbocycles. The van der Waals surface area contributed by atoms with Crippen molar-refractivity contribution in [3.63, 3.8) is 0 Å². The number of H-pyrrole nitrogens is 4. The van der Waals surface area contributed by atoms with Crippen molar-refractivity contribution in [1.82, 2.24) is 38.2 Å². The van der Waals surface area contributed by atoms with Crippen LogP contribution in [0.4, 0.5) is 0 Å². The summed E-state index contributed by atoms with van der Waals surface area (Å²) in [6.07, 6.45) is 11.3. The van der Waals surface area contributed by atoms with E-state index >= 15 is 0 Å². The summed E-state index contributed by atoms with van der Waals surface area (Å²) in [5, 5.41) is 59.9. The molecule has 0 spiro atoms. The molecule has 2 fully saturated rings. The normalized spacial score (nSPS) is 14.1. The number of aromatic nitrogens is 8. The lowest BCUT2D eigenvalue weighted by atomic mass is 10.1. The number of hydrogen-bond acceptors (Lipinski definition) is 23. The molecule has 6 heterocycles. The van der Waals surface area contributed by atoms with Gasteiger partial charge in [-0.3, -0.25) is 57.4 Å². The van der Waals surface area contributed by atoms with E-state index in [-0.39, 0.29) is 108 Å². The minimum atomic E-state index is -0.496. The third-order valence-corrected chi connectivity index (χ3v) is 12.9. The molecule has 3 atom stereocenters. The number of nitrogens with one attached hydrogen (secondary N) is 4. The van der Waals surface area contributed by atoms with E-state index in [4.69, 9.17) is 73.6 Å². The third-order valence-electron chi connectivity index (χ3n) is 12.9. The third kappa shape index (κ3) is 38.9. The van der Waals surface area contributed by atoms with Gasteiger partial charge in [-0.15, -0.1) is 0 Å². The lowest BCUT2D eigenvalue weighted by Crippen LogP contribution is -2.29. The second kappa shape index (κ2) is 52.1. The fraction of sp³-hybridized carbons (Fsp3) is 0.714. The molecule has 2 aliphatic heterocycles. The van der Waals surface area contributed by atoms with E-state index in [9.17, 15) is 38.4 Å². The molecule has 2 aliphatic rings. The van der Waals surface area contributed by atoms with E-state index in [2.05, 4.69) is 40.7 Å². The van der Waals surface area contributed by atoms with Crippen LogP contribution in [0.2, 0.25) is 0 Å². The molecule has 87 heavy (non-hydrogen) atoms. The van der Waals surface area contributed by atoms with Gasteiger partial charge < -0.3 is 73.6 Å². The molecule has 31 heteroatoms. The van der Waals surface area contributed by atoms with Gasteiger partial charge in [0.1, 0.15) is 40.5 Å². The second-order valence-electron chi connectivity index (χ2n) is 19.8. The summed E-state index contributed by atoms with van der Waals surface area (Å²) in [5.74, 6) is 1.27. The molecule has 0 bridgehead atoms. The van der Waals surface area contributed by atoms with Crippen molar-refractivity contribution in [1.29, 1.82) is 0 Å². The van der Waals surface area contributed by atoms with Gasteiger partial charge in [0, 0.05) is 104 Å². The Bertz CT molecular complexity index is 2410. The van der Waals surface area contributed by atoms with Crippen LogP contribution in [0.3, 0.4) is 0 Å². The highest BCUT2D eigenvalue weighted by Crippen LogP contribution is 2.09. The number of aromatic amines is 4. The first-order valence-corrected chi connectivity index (χ1v) is 29.0. The molecule has 4 aromatic rings. The van der Waals surface area contributed by atoms with E-state index < -0.39 is 39.4 Å². The van der Waals surface area contributed by atoms with E-state index in [0.717, 1.165) is 45.3 Å². The molecule has 0 saturated carbocycles.